The van der Waals surface area contributed by atoms with E-state index in [1.54, 1.807) is 6.07 Å². The van der Waals surface area contributed by atoms with Crippen LogP contribution in [-0.2, 0) is 0 Å². The van der Waals surface area contributed by atoms with Crippen molar-refractivity contribution < 1.29 is 9.53 Å². The van der Waals surface area contributed by atoms with E-state index in [9.17, 15) is 4.79 Å². The van der Waals surface area contributed by atoms with Gasteiger partial charge in [0.05, 0.1) is 6.61 Å². The Kier molecular flexibility index (Phi) is 5.36. The largest absolute Gasteiger partial charge is 0.494 e. The molecule has 0 atom stereocenters. The average Bonchev–Trinajstić information content (AvgIpc) is 2.48. The van der Waals surface area contributed by atoms with Crippen molar-refractivity contribution in [2.24, 2.45) is 0 Å². The molecule has 2 aromatic carbocycles. The molecule has 104 valence electrons. The number of carbonyl (C=O) groups is 1. The molecule has 2 nitrogen and oxygen atoms in total. The van der Waals surface area contributed by atoms with Gasteiger partial charge in [0.1, 0.15) is 5.75 Å². The van der Waals surface area contributed by atoms with Gasteiger partial charge in [0.2, 0.25) is 0 Å². The van der Waals surface area contributed by atoms with Crippen LogP contribution in [0.1, 0.15) is 35.7 Å². The lowest BCUT2D eigenvalue weighted by Gasteiger charge is -2.08. The van der Waals surface area contributed by atoms with Crippen LogP contribution in [0.4, 0.5) is 0 Å². The summed E-state index contributed by atoms with van der Waals surface area (Å²) in [7, 11) is 0. The minimum atomic E-state index is 0.0117. The fourth-order valence-electron chi connectivity index (χ4n) is 1.85. The lowest BCUT2D eigenvalue weighted by Crippen LogP contribution is -2.03. The third-order valence-electron chi connectivity index (χ3n) is 2.99. The Morgan fingerprint density at radius 2 is 1.90 bits per heavy atom. The van der Waals surface area contributed by atoms with Crippen LogP contribution in [0.3, 0.4) is 0 Å². The van der Waals surface area contributed by atoms with Gasteiger partial charge in [-0.05, 0) is 40.5 Å². The van der Waals surface area contributed by atoms with Crippen molar-refractivity contribution in [3.8, 4) is 5.75 Å². The van der Waals surface area contributed by atoms with E-state index in [1.165, 1.54) is 0 Å². The summed E-state index contributed by atoms with van der Waals surface area (Å²) >= 11 is 3.45. The Labute approximate surface area is 127 Å². The number of rotatable bonds is 6. The molecule has 0 saturated heterocycles. The number of unbranched alkanes of at least 4 members (excludes halogenated alkanes) is 1. The highest BCUT2D eigenvalue weighted by Crippen LogP contribution is 2.25. The van der Waals surface area contributed by atoms with Crippen molar-refractivity contribution in [3.63, 3.8) is 0 Å². The summed E-state index contributed by atoms with van der Waals surface area (Å²) in [4.78, 5) is 12.4. The van der Waals surface area contributed by atoms with E-state index >= 15 is 0 Å². The predicted molar refractivity (Wildman–Crippen MR) is 84.4 cm³/mol. The highest BCUT2D eigenvalue weighted by Gasteiger charge is 2.12. The van der Waals surface area contributed by atoms with E-state index in [2.05, 4.69) is 22.9 Å². The van der Waals surface area contributed by atoms with E-state index in [0.717, 1.165) is 23.1 Å². The van der Waals surface area contributed by atoms with Crippen LogP contribution < -0.4 is 4.74 Å². The van der Waals surface area contributed by atoms with Gasteiger partial charge in [-0.25, -0.2) is 0 Å². The van der Waals surface area contributed by atoms with Gasteiger partial charge in [0.25, 0.3) is 0 Å². The molecular weight excluding hydrogens is 316 g/mol. The first-order valence-electron chi connectivity index (χ1n) is 6.74. The fourth-order valence-corrected chi connectivity index (χ4v) is 2.39. The van der Waals surface area contributed by atoms with Gasteiger partial charge in [-0.2, -0.15) is 0 Å². The van der Waals surface area contributed by atoms with Crippen molar-refractivity contribution >= 4 is 21.7 Å². The van der Waals surface area contributed by atoms with Crippen LogP contribution in [-0.4, -0.2) is 12.4 Å². The molecule has 0 aliphatic heterocycles. The van der Waals surface area contributed by atoms with Crippen LogP contribution in [0.5, 0.6) is 5.75 Å². The van der Waals surface area contributed by atoms with E-state index in [0.29, 0.717) is 17.7 Å². The molecule has 0 fully saturated rings. The Morgan fingerprint density at radius 1 is 1.15 bits per heavy atom. The van der Waals surface area contributed by atoms with Crippen molar-refractivity contribution in [2.75, 3.05) is 6.61 Å². The molecule has 0 N–H and O–H groups in total. The monoisotopic (exact) mass is 332 g/mol. The summed E-state index contributed by atoms with van der Waals surface area (Å²) in [5.41, 5.74) is 1.34. The van der Waals surface area contributed by atoms with E-state index < -0.39 is 0 Å². The molecule has 20 heavy (non-hydrogen) atoms. The maximum absolute atomic E-state index is 12.4. The summed E-state index contributed by atoms with van der Waals surface area (Å²) in [6.45, 7) is 2.83. The molecule has 0 radical (unpaired) electrons. The smallest absolute Gasteiger partial charge is 0.194 e. The van der Waals surface area contributed by atoms with Crippen molar-refractivity contribution in [2.45, 2.75) is 19.8 Å². The van der Waals surface area contributed by atoms with E-state index in [-0.39, 0.29) is 5.78 Å². The normalized spacial score (nSPS) is 10.3. The molecule has 0 saturated carbocycles. The van der Waals surface area contributed by atoms with Gasteiger partial charge in [-0.3, -0.25) is 4.79 Å². The third kappa shape index (κ3) is 3.70. The number of ether oxygens (including phenoxy) is 1. The Morgan fingerprint density at radius 3 is 2.55 bits per heavy atom. The highest BCUT2D eigenvalue weighted by atomic mass is 79.9. The number of hydrogen-bond acceptors (Lipinski definition) is 2. The zero-order chi connectivity index (χ0) is 14.4. The first-order chi connectivity index (χ1) is 9.72. The third-order valence-corrected chi connectivity index (χ3v) is 3.64. The second-order valence-electron chi connectivity index (χ2n) is 4.54. The molecule has 2 aromatic rings. The molecule has 3 heteroatoms. The molecule has 0 spiro atoms. The van der Waals surface area contributed by atoms with Crippen molar-refractivity contribution in [1.82, 2.24) is 0 Å². The van der Waals surface area contributed by atoms with Crippen molar-refractivity contribution in [1.29, 1.82) is 0 Å². The van der Waals surface area contributed by atoms with Crippen molar-refractivity contribution in [3.05, 3.63) is 64.1 Å². The number of ketones is 1. The molecule has 0 unspecified atom stereocenters. The molecule has 0 heterocycles. The minimum absolute atomic E-state index is 0.0117. The Balaban J connectivity index is 2.15. The van der Waals surface area contributed by atoms with Gasteiger partial charge in [0.15, 0.2) is 5.78 Å². The lowest BCUT2D eigenvalue weighted by atomic mass is 10.0. The van der Waals surface area contributed by atoms with Gasteiger partial charge in [0, 0.05) is 15.6 Å². The second-order valence-corrected chi connectivity index (χ2v) is 5.39. The predicted octanol–water partition coefficient (Wildman–Crippen LogP) is 4.86. The molecule has 0 aromatic heterocycles. The quantitative estimate of drug-likeness (QED) is 0.557. The maximum Gasteiger partial charge on any atom is 0.194 e. The topological polar surface area (TPSA) is 26.3 Å². The molecule has 0 bridgehead atoms. The average molecular weight is 333 g/mol. The maximum atomic E-state index is 12.4. The standard InChI is InChI=1S/C17H17BrO2/c1-2-3-11-20-14-9-10-15(16(18)12-14)17(19)13-7-5-4-6-8-13/h4-10,12H,2-3,11H2,1H3. The van der Waals surface area contributed by atoms with Crippen LogP contribution >= 0.6 is 15.9 Å². The summed E-state index contributed by atoms with van der Waals surface area (Å²) < 4.78 is 6.39. The minimum Gasteiger partial charge on any atom is -0.494 e. The number of hydrogen-bond donors (Lipinski definition) is 0. The number of benzene rings is 2. The number of halogens is 1. The van der Waals surface area contributed by atoms with E-state index in [1.807, 2.05) is 42.5 Å². The van der Waals surface area contributed by atoms with Crippen LogP contribution in [0, 0.1) is 0 Å². The zero-order valence-corrected chi connectivity index (χ0v) is 13.0. The zero-order valence-electron chi connectivity index (χ0n) is 11.4. The van der Waals surface area contributed by atoms with Crippen LogP contribution in [0.15, 0.2) is 53.0 Å². The molecule has 0 aliphatic carbocycles. The molecular formula is C17H17BrO2. The second kappa shape index (κ2) is 7.25. The number of carbonyl (C=O) groups excluding carboxylic acids is 1. The van der Waals surface area contributed by atoms with Gasteiger partial charge < -0.3 is 4.74 Å². The van der Waals surface area contributed by atoms with Gasteiger partial charge >= 0.3 is 0 Å². The first kappa shape index (κ1) is 14.8. The lowest BCUT2D eigenvalue weighted by molar-refractivity contribution is 0.103. The van der Waals surface area contributed by atoms with E-state index in [4.69, 9.17) is 4.74 Å². The molecule has 0 aliphatic rings. The fraction of sp³-hybridized carbons (Fsp3) is 0.235. The summed E-state index contributed by atoms with van der Waals surface area (Å²) in [5, 5.41) is 0. The molecule has 0 amide bonds. The summed E-state index contributed by atoms with van der Waals surface area (Å²) in [5.74, 6) is 0.799. The van der Waals surface area contributed by atoms with Crippen LogP contribution in [0.25, 0.3) is 0 Å². The Bertz CT molecular complexity index is 579. The summed E-state index contributed by atoms with van der Waals surface area (Å²) in [6, 6.07) is 14.8. The first-order valence-corrected chi connectivity index (χ1v) is 7.53. The van der Waals surface area contributed by atoms with Gasteiger partial charge in [-0.1, -0.05) is 43.7 Å². The molecule has 2 rings (SSSR count). The SMILES string of the molecule is CCCCOc1ccc(C(=O)c2ccccc2)c(Br)c1. The highest BCUT2D eigenvalue weighted by molar-refractivity contribution is 9.10. The van der Waals surface area contributed by atoms with Crippen LogP contribution in [0.2, 0.25) is 0 Å². The Hall–Kier alpha value is -1.61. The van der Waals surface area contributed by atoms with Gasteiger partial charge in [-0.15, -0.1) is 0 Å². The summed E-state index contributed by atoms with van der Waals surface area (Å²) in [6.07, 6.45) is 2.13.